The maximum atomic E-state index is 4.59. The summed E-state index contributed by atoms with van der Waals surface area (Å²) in [6.07, 6.45) is 9.00. The SMILES string of the molecule is CCNC(Cc1ccc(C)cn1)C1CC2CCC1C2. The summed E-state index contributed by atoms with van der Waals surface area (Å²) in [6.45, 7) is 5.40. The number of pyridine rings is 1. The Morgan fingerprint density at radius 2 is 2.21 bits per heavy atom. The molecule has 0 saturated heterocycles. The molecule has 0 radical (unpaired) electrons. The maximum absolute atomic E-state index is 4.59. The van der Waals surface area contributed by atoms with Gasteiger partial charge >= 0.3 is 0 Å². The van der Waals surface area contributed by atoms with Crippen molar-refractivity contribution < 1.29 is 0 Å². The smallest absolute Gasteiger partial charge is 0.0419 e. The van der Waals surface area contributed by atoms with Crippen LogP contribution in [0.2, 0.25) is 0 Å². The zero-order valence-corrected chi connectivity index (χ0v) is 12.2. The second-order valence-electron chi connectivity index (χ2n) is 6.53. The molecule has 0 aliphatic heterocycles. The van der Waals surface area contributed by atoms with Gasteiger partial charge in [0.2, 0.25) is 0 Å². The molecule has 0 aromatic carbocycles. The molecule has 2 aliphatic carbocycles. The van der Waals surface area contributed by atoms with E-state index in [-0.39, 0.29) is 0 Å². The zero-order valence-electron chi connectivity index (χ0n) is 12.2. The summed E-state index contributed by atoms with van der Waals surface area (Å²) in [6, 6.07) is 5.02. The van der Waals surface area contributed by atoms with Crippen molar-refractivity contribution in [3.05, 3.63) is 29.6 Å². The molecule has 1 N–H and O–H groups in total. The summed E-state index contributed by atoms with van der Waals surface area (Å²) in [5.41, 5.74) is 2.50. The lowest BCUT2D eigenvalue weighted by molar-refractivity contribution is 0.248. The summed E-state index contributed by atoms with van der Waals surface area (Å²) in [7, 11) is 0. The fraction of sp³-hybridized carbons (Fsp3) is 0.706. The van der Waals surface area contributed by atoms with Gasteiger partial charge in [-0.05, 0) is 62.1 Å². The fourth-order valence-electron chi connectivity index (χ4n) is 4.27. The molecule has 1 aromatic heterocycles. The Kier molecular flexibility index (Phi) is 3.88. The fourth-order valence-corrected chi connectivity index (χ4v) is 4.27. The van der Waals surface area contributed by atoms with Crippen LogP contribution in [0.15, 0.2) is 18.3 Å². The molecular formula is C17H26N2. The van der Waals surface area contributed by atoms with Crippen LogP contribution in [-0.4, -0.2) is 17.6 Å². The first-order chi connectivity index (χ1) is 9.26. The minimum atomic E-state index is 0.635. The van der Waals surface area contributed by atoms with E-state index in [1.165, 1.54) is 36.9 Å². The minimum Gasteiger partial charge on any atom is -0.314 e. The number of nitrogens with zero attached hydrogens (tertiary/aromatic N) is 1. The van der Waals surface area contributed by atoms with Crippen molar-refractivity contribution >= 4 is 0 Å². The van der Waals surface area contributed by atoms with Crippen molar-refractivity contribution in [2.24, 2.45) is 17.8 Å². The minimum absolute atomic E-state index is 0.635. The second-order valence-corrected chi connectivity index (χ2v) is 6.53. The number of aryl methyl sites for hydroxylation is 1. The van der Waals surface area contributed by atoms with Crippen molar-refractivity contribution in [1.82, 2.24) is 10.3 Å². The standard InChI is InChI=1S/C17H26N2/c1-3-18-17(10-15-7-4-12(2)11-19-15)16-9-13-5-6-14(16)8-13/h4,7,11,13-14,16-18H,3,5-6,8-10H2,1-2H3. The highest BCUT2D eigenvalue weighted by atomic mass is 14.9. The monoisotopic (exact) mass is 258 g/mol. The largest absolute Gasteiger partial charge is 0.314 e. The van der Waals surface area contributed by atoms with Crippen LogP contribution >= 0.6 is 0 Å². The van der Waals surface area contributed by atoms with Gasteiger partial charge in [0.05, 0.1) is 0 Å². The lowest BCUT2D eigenvalue weighted by Crippen LogP contribution is -2.40. The Hall–Kier alpha value is -0.890. The van der Waals surface area contributed by atoms with E-state index in [2.05, 4.69) is 36.3 Å². The van der Waals surface area contributed by atoms with Crippen molar-refractivity contribution in [3.63, 3.8) is 0 Å². The quantitative estimate of drug-likeness (QED) is 0.876. The number of fused-ring (bicyclic) bond motifs is 2. The molecule has 104 valence electrons. The molecule has 2 nitrogen and oxygen atoms in total. The molecule has 4 unspecified atom stereocenters. The molecule has 19 heavy (non-hydrogen) atoms. The Balaban J connectivity index is 1.68. The van der Waals surface area contributed by atoms with Crippen LogP contribution in [0.1, 0.15) is 43.9 Å². The van der Waals surface area contributed by atoms with Crippen molar-refractivity contribution in [1.29, 1.82) is 0 Å². The molecule has 1 heterocycles. The molecule has 2 heteroatoms. The highest BCUT2D eigenvalue weighted by Gasteiger charge is 2.42. The zero-order chi connectivity index (χ0) is 13.2. The lowest BCUT2D eigenvalue weighted by Gasteiger charge is -2.31. The highest BCUT2D eigenvalue weighted by molar-refractivity contribution is 5.13. The van der Waals surface area contributed by atoms with Crippen molar-refractivity contribution in [2.45, 2.75) is 52.0 Å². The van der Waals surface area contributed by atoms with Crippen LogP contribution in [0, 0.1) is 24.7 Å². The first kappa shape index (κ1) is 13.1. The Bertz CT molecular complexity index is 412. The van der Waals surface area contributed by atoms with Gasteiger partial charge < -0.3 is 5.32 Å². The molecule has 0 spiro atoms. The Morgan fingerprint density at radius 3 is 2.79 bits per heavy atom. The van der Waals surface area contributed by atoms with Gasteiger partial charge in [-0.15, -0.1) is 0 Å². The van der Waals surface area contributed by atoms with Gasteiger partial charge in [0.15, 0.2) is 0 Å². The Labute approximate surface area is 117 Å². The van der Waals surface area contributed by atoms with Crippen LogP contribution < -0.4 is 5.32 Å². The molecule has 0 amide bonds. The van der Waals surface area contributed by atoms with E-state index in [1.54, 1.807) is 0 Å². The van der Waals surface area contributed by atoms with E-state index >= 15 is 0 Å². The topological polar surface area (TPSA) is 24.9 Å². The average Bonchev–Trinajstić information content (AvgIpc) is 3.03. The lowest BCUT2D eigenvalue weighted by atomic mass is 9.81. The number of aromatic nitrogens is 1. The van der Waals surface area contributed by atoms with Crippen molar-refractivity contribution in [3.8, 4) is 0 Å². The van der Waals surface area contributed by atoms with Gasteiger partial charge in [-0.2, -0.15) is 0 Å². The first-order valence-electron chi connectivity index (χ1n) is 7.91. The third-order valence-corrected chi connectivity index (χ3v) is 5.18. The molecular weight excluding hydrogens is 232 g/mol. The van der Waals surface area contributed by atoms with Gasteiger partial charge in [0.1, 0.15) is 0 Å². The number of likely N-dealkylation sites (N-methyl/N-ethyl adjacent to an activating group) is 1. The summed E-state index contributed by atoms with van der Waals surface area (Å²) in [5, 5.41) is 3.73. The number of rotatable bonds is 5. The van der Waals surface area contributed by atoms with E-state index in [1.807, 2.05) is 6.20 Å². The van der Waals surface area contributed by atoms with E-state index in [0.717, 1.165) is 30.7 Å². The Morgan fingerprint density at radius 1 is 1.32 bits per heavy atom. The average molecular weight is 258 g/mol. The van der Waals surface area contributed by atoms with Gasteiger partial charge in [-0.25, -0.2) is 0 Å². The van der Waals surface area contributed by atoms with Crippen LogP contribution in [-0.2, 0) is 6.42 Å². The predicted octanol–water partition coefficient (Wildman–Crippen LogP) is 3.35. The number of nitrogens with one attached hydrogen (secondary N) is 1. The number of hydrogen-bond acceptors (Lipinski definition) is 2. The molecule has 1 aromatic rings. The molecule has 2 saturated carbocycles. The molecule has 2 fully saturated rings. The van der Waals surface area contributed by atoms with Gasteiger partial charge in [0.25, 0.3) is 0 Å². The van der Waals surface area contributed by atoms with Crippen LogP contribution in [0.3, 0.4) is 0 Å². The molecule has 2 bridgehead atoms. The van der Waals surface area contributed by atoms with Crippen molar-refractivity contribution in [2.75, 3.05) is 6.54 Å². The molecule has 2 aliphatic rings. The summed E-state index contributed by atoms with van der Waals surface area (Å²) in [4.78, 5) is 4.59. The highest BCUT2D eigenvalue weighted by Crippen LogP contribution is 2.49. The van der Waals surface area contributed by atoms with Crippen LogP contribution in [0.4, 0.5) is 0 Å². The van der Waals surface area contributed by atoms with E-state index in [4.69, 9.17) is 0 Å². The second kappa shape index (κ2) is 5.62. The number of hydrogen-bond donors (Lipinski definition) is 1. The molecule has 4 atom stereocenters. The first-order valence-corrected chi connectivity index (χ1v) is 7.91. The third-order valence-electron chi connectivity index (χ3n) is 5.18. The van der Waals surface area contributed by atoms with Crippen LogP contribution in [0.5, 0.6) is 0 Å². The van der Waals surface area contributed by atoms with E-state index in [0.29, 0.717) is 6.04 Å². The van der Waals surface area contributed by atoms with E-state index < -0.39 is 0 Å². The molecule has 3 rings (SSSR count). The summed E-state index contributed by atoms with van der Waals surface area (Å²) < 4.78 is 0. The van der Waals surface area contributed by atoms with E-state index in [9.17, 15) is 0 Å². The third kappa shape index (κ3) is 2.84. The van der Waals surface area contributed by atoms with Gasteiger partial charge in [0, 0.05) is 24.4 Å². The normalized spacial score (nSPS) is 30.7. The predicted molar refractivity (Wildman–Crippen MR) is 79.1 cm³/mol. The van der Waals surface area contributed by atoms with Crippen LogP contribution in [0.25, 0.3) is 0 Å². The summed E-state index contributed by atoms with van der Waals surface area (Å²) >= 11 is 0. The summed E-state index contributed by atoms with van der Waals surface area (Å²) in [5.74, 6) is 2.91. The van der Waals surface area contributed by atoms with Gasteiger partial charge in [-0.1, -0.05) is 19.4 Å². The maximum Gasteiger partial charge on any atom is 0.0419 e. The van der Waals surface area contributed by atoms with Gasteiger partial charge in [-0.3, -0.25) is 4.98 Å².